The monoisotopic (exact) mass is 299 g/mol. The predicted molar refractivity (Wildman–Crippen MR) is 75.9 cm³/mol. The minimum atomic E-state index is -4.65. The van der Waals surface area contributed by atoms with Crippen LogP contribution in [0.15, 0.2) is 35.9 Å². The minimum Gasteiger partial charge on any atom is -0.406 e. The molecule has 2 rings (SSSR count). The Morgan fingerprint density at radius 3 is 2.38 bits per heavy atom. The minimum absolute atomic E-state index is 0.0524. The summed E-state index contributed by atoms with van der Waals surface area (Å²) in [6.45, 7) is 4.36. The van der Waals surface area contributed by atoms with Crippen molar-refractivity contribution >= 4 is 0 Å². The molecule has 0 saturated carbocycles. The summed E-state index contributed by atoms with van der Waals surface area (Å²) in [5, 5.41) is 0. The van der Waals surface area contributed by atoms with Crippen molar-refractivity contribution in [2.45, 2.75) is 45.5 Å². The Morgan fingerprint density at radius 2 is 1.86 bits per heavy atom. The van der Waals surface area contributed by atoms with Crippen molar-refractivity contribution in [1.82, 2.24) is 0 Å². The Morgan fingerprint density at radius 1 is 1.24 bits per heavy atom. The second-order valence-electron chi connectivity index (χ2n) is 6.40. The Labute approximate surface area is 122 Å². The third-order valence-electron chi connectivity index (χ3n) is 3.53. The molecule has 0 fully saturated rings. The SMILES string of the molecule is CC1(C)CC(Cc2ccc(OC(F)(F)F)cc2)=CC(N)C1. The smallest absolute Gasteiger partial charge is 0.406 e. The lowest BCUT2D eigenvalue weighted by Crippen LogP contribution is -2.31. The molecule has 1 atom stereocenters. The van der Waals surface area contributed by atoms with Crippen LogP contribution in [0.3, 0.4) is 0 Å². The highest BCUT2D eigenvalue weighted by molar-refractivity contribution is 5.31. The number of alkyl halides is 3. The van der Waals surface area contributed by atoms with Crippen LogP contribution < -0.4 is 10.5 Å². The van der Waals surface area contributed by atoms with Crippen molar-refractivity contribution in [3.8, 4) is 5.75 Å². The maximum absolute atomic E-state index is 12.1. The standard InChI is InChI=1S/C16H20F3NO/c1-15(2)9-12(8-13(20)10-15)7-11-3-5-14(6-4-11)21-16(17,18)19/h3-6,8,13H,7,9-10,20H2,1-2H3. The zero-order chi connectivity index (χ0) is 15.7. The molecule has 0 amide bonds. The summed E-state index contributed by atoms with van der Waals surface area (Å²) in [7, 11) is 0. The summed E-state index contributed by atoms with van der Waals surface area (Å²) >= 11 is 0. The van der Waals surface area contributed by atoms with Crippen LogP contribution in [-0.2, 0) is 6.42 Å². The van der Waals surface area contributed by atoms with E-state index in [1.807, 2.05) is 0 Å². The highest BCUT2D eigenvalue weighted by Crippen LogP contribution is 2.36. The van der Waals surface area contributed by atoms with E-state index in [-0.39, 0.29) is 17.2 Å². The molecule has 0 spiro atoms. The van der Waals surface area contributed by atoms with Gasteiger partial charge >= 0.3 is 6.36 Å². The molecule has 5 heteroatoms. The molecule has 1 unspecified atom stereocenters. The van der Waals surface area contributed by atoms with Gasteiger partial charge in [-0.25, -0.2) is 0 Å². The van der Waals surface area contributed by atoms with Crippen molar-refractivity contribution in [2.24, 2.45) is 11.1 Å². The lowest BCUT2D eigenvalue weighted by molar-refractivity contribution is -0.274. The zero-order valence-corrected chi connectivity index (χ0v) is 12.2. The molecule has 0 heterocycles. The Balaban J connectivity index is 2.04. The molecule has 2 nitrogen and oxygen atoms in total. The molecule has 0 aromatic heterocycles. The van der Waals surface area contributed by atoms with E-state index in [1.165, 1.54) is 17.7 Å². The van der Waals surface area contributed by atoms with E-state index in [2.05, 4.69) is 24.7 Å². The summed E-state index contributed by atoms with van der Waals surface area (Å²) in [6, 6.07) is 6.06. The van der Waals surface area contributed by atoms with Gasteiger partial charge in [0, 0.05) is 6.04 Å². The van der Waals surface area contributed by atoms with Crippen molar-refractivity contribution in [2.75, 3.05) is 0 Å². The van der Waals surface area contributed by atoms with Crippen LogP contribution >= 0.6 is 0 Å². The van der Waals surface area contributed by atoms with E-state index in [9.17, 15) is 13.2 Å². The molecule has 0 saturated heterocycles. The van der Waals surface area contributed by atoms with Gasteiger partial charge in [-0.15, -0.1) is 13.2 Å². The molecule has 0 bridgehead atoms. The van der Waals surface area contributed by atoms with Crippen LogP contribution in [0.5, 0.6) is 5.75 Å². The second kappa shape index (κ2) is 5.72. The summed E-state index contributed by atoms with van der Waals surface area (Å²) in [4.78, 5) is 0. The van der Waals surface area contributed by atoms with Crippen LogP contribution in [-0.4, -0.2) is 12.4 Å². The highest BCUT2D eigenvalue weighted by Gasteiger charge is 2.31. The largest absolute Gasteiger partial charge is 0.573 e. The molecular formula is C16H20F3NO. The topological polar surface area (TPSA) is 35.2 Å². The molecule has 116 valence electrons. The van der Waals surface area contributed by atoms with Gasteiger partial charge in [-0.05, 0) is 42.4 Å². The Hall–Kier alpha value is -1.49. The molecule has 1 aliphatic carbocycles. The van der Waals surface area contributed by atoms with Gasteiger partial charge in [0.25, 0.3) is 0 Å². The quantitative estimate of drug-likeness (QED) is 0.849. The lowest BCUT2D eigenvalue weighted by Gasteiger charge is -2.33. The average Bonchev–Trinajstić information content (AvgIpc) is 2.27. The van der Waals surface area contributed by atoms with Crippen LogP contribution in [0.25, 0.3) is 0 Å². The Bertz CT molecular complexity index is 517. The maximum Gasteiger partial charge on any atom is 0.573 e. The first-order valence-electron chi connectivity index (χ1n) is 6.93. The first-order valence-corrected chi connectivity index (χ1v) is 6.93. The molecule has 1 aromatic rings. The predicted octanol–water partition coefficient (Wildman–Crippen LogP) is 4.20. The first-order chi connectivity index (χ1) is 9.63. The maximum atomic E-state index is 12.1. The molecule has 1 aliphatic rings. The van der Waals surface area contributed by atoms with Crippen LogP contribution in [0.1, 0.15) is 32.3 Å². The van der Waals surface area contributed by atoms with Crippen LogP contribution in [0.2, 0.25) is 0 Å². The van der Waals surface area contributed by atoms with E-state index in [0.717, 1.165) is 18.4 Å². The molecule has 21 heavy (non-hydrogen) atoms. The second-order valence-corrected chi connectivity index (χ2v) is 6.40. The van der Waals surface area contributed by atoms with Crippen molar-refractivity contribution in [3.05, 3.63) is 41.5 Å². The summed E-state index contributed by atoms with van der Waals surface area (Å²) in [5.74, 6) is -0.194. The number of benzene rings is 1. The van der Waals surface area contributed by atoms with Crippen LogP contribution in [0.4, 0.5) is 13.2 Å². The van der Waals surface area contributed by atoms with E-state index in [0.29, 0.717) is 6.42 Å². The summed E-state index contributed by atoms with van der Waals surface area (Å²) in [5.41, 5.74) is 8.39. The van der Waals surface area contributed by atoms with E-state index in [1.54, 1.807) is 12.1 Å². The first kappa shape index (κ1) is 15.9. The third kappa shape index (κ3) is 5.08. The molecule has 0 aliphatic heterocycles. The van der Waals surface area contributed by atoms with Gasteiger partial charge in [0.15, 0.2) is 0 Å². The molecular weight excluding hydrogens is 279 g/mol. The summed E-state index contributed by atoms with van der Waals surface area (Å²) < 4.78 is 40.2. The average molecular weight is 299 g/mol. The van der Waals surface area contributed by atoms with E-state index in [4.69, 9.17) is 5.73 Å². The molecule has 1 aromatic carbocycles. The normalized spacial score (nSPS) is 21.8. The number of halogens is 3. The number of hydrogen-bond acceptors (Lipinski definition) is 2. The fraction of sp³-hybridized carbons (Fsp3) is 0.500. The zero-order valence-electron chi connectivity index (χ0n) is 12.2. The van der Waals surface area contributed by atoms with Crippen molar-refractivity contribution < 1.29 is 17.9 Å². The van der Waals surface area contributed by atoms with Crippen molar-refractivity contribution in [1.29, 1.82) is 0 Å². The number of rotatable bonds is 3. The van der Waals surface area contributed by atoms with Gasteiger partial charge in [-0.1, -0.05) is 37.6 Å². The molecule has 2 N–H and O–H groups in total. The van der Waals surface area contributed by atoms with Gasteiger partial charge in [-0.2, -0.15) is 0 Å². The van der Waals surface area contributed by atoms with Crippen molar-refractivity contribution in [3.63, 3.8) is 0 Å². The van der Waals surface area contributed by atoms with Gasteiger partial charge in [-0.3, -0.25) is 0 Å². The number of nitrogens with two attached hydrogens (primary N) is 1. The van der Waals surface area contributed by atoms with E-state index < -0.39 is 6.36 Å². The number of ether oxygens (including phenoxy) is 1. The third-order valence-corrected chi connectivity index (χ3v) is 3.53. The van der Waals surface area contributed by atoms with E-state index >= 15 is 0 Å². The van der Waals surface area contributed by atoms with Gasteiger partial charge < -0.3 is 10.5 Å². The van der Waals surface area contributed by atoms with Crippen LogP contribution in [0, 0.1) is 5.41 Å². The molecule has 0 radical (unpaired) electrons. The Kier molecular flexibility index (Phi) is 4.33. The lowest BCUT2D eigenvalue weighted by atomic mass is 9.74. The fourth-order valence-corrected chi connectivity index (χ4v) is 2.94. The van der Waals surface area contributed by atoms with Gasteiger partial charge in [0.05, 0.1) is 0 Å². The summed E-state index contributed by atoms with van der Waals surface area (Å²) in [6.07, 6.45) is 0.0510. The highest BCUT2D eigenvalue weighted by atomic mass is 19.4. The number of hydrogen-bond donors (Lipinski definition) is 1. The fourth-order valence-electron chi connectivity index (χ4n) is 2.94. The van der Waals surface area contributed by atoms with Gasteiger partial charge in [0.1, 0.15) is 5.75 Å². The van der Waals surface area contributed by atoms with Gasteiger partial charge in [0.2, 0.25) is 0 Å². The number of allylic oxidation sites excluding steroid dienone is 1.